The lowest BCUT2D eigenvalue weighted by Gasteiger charge is -2.12. The van der Waals surface area contributed by atoms with Crippen molar-refractivity contribution in [3.8, 4) is 11.3 Å². The van der Waals surface area contributed by atoms with Gasteiger partial charge in [-0.15, -0.1) is 0 Å². The summed E-state index contributed by atoms with van der Waals surface area (Å²) < 4.78 is 0. The van der Waals surface area contributed by atoms with Crippen molar-refractivity contribution in [3.63, 3.8) is 0 Å². The SMILES string of the molecule is Cc1cc(-c2n[nH]c3cc4[nH]c(C(=O)NC(C)c5ccccc5)nc4cc23)cc(C)n1. The summed E-state index contributed by atoms with van der Waals surface area (Å²) in [6.45, 7) is 5.90. The van der Waals surface area contributed by atoms with Gasteiger partial charge in [0.15, 0.2) is 5.82 Å². The molecule has 0 saturated heterocycles. The van der Waals surface area contributed by atoms with Crippen LogP contribution >= 0.6 is 0 Å². The Labute approximate surface area is 178 Å². The monoisotopic (exact) mass is 410 g/mol. The van der Waals surface area contributed by atoms with E-state index in [0.717, 1.165) is 50.1 Å². The fourth-order valence-corrected chi connectivity index (χ4v) is 3.91. The van der Waals surface area contributed by atoms with Gasteiger partial charge < -0.3 is 10.3 Å². The van der Waals surface area contributed by atoms with Crippen molar-refractivity contribution in [1.29, 1.82) is 0 Å². The fourth-order valence-electron chi connectivity index (χ4n) is 3.91. The summed E-state index contributed by atoms with van der Waals surface area (Å²) >= 11 is 0. The third-order valence-electron chi connectivity index (χ3n) is 5.38. The quantitative estimate of drug-likeness (QED) is 0.403. The predicted molar refractivity (Wildman–Crippen MR) is 121 cm³/mol. The standard InChI is InChI=1S/C24H22N6O/c1-13-9-17(10-14(2)25-13)22-18-11-20-21(12-19(18)29-30-22)28-23(27-20)24(31)26-15(3)16-7-5-4-6-8-16/h4-12,15H,1-3H3,(H,26,31)(H,27,28)(H,29,30). The van der Waals surface area contributed by atoms with Crippen molar-refractivity contribution < 1.29 is 4.79 Å². The molecule has 0 spiro atoms. The zero-order chi connectivity index (χ0) is 21.5. The number of aromatic nitrogens is 5. The largest absolute Gasteiger partial charge is 0.343 e. The Morgan fingerprint density at radius 3 is 2.45 bits per heavy atom. The molecule has 154 valence electrons. The number of imidazole rings is 1. The fraction of sp³-hybridized carbons (Fsp3) is 0.167. The molecule has 1 unspecified atom stereocenters. The first kappa shape index (κ1) is 19.0. The minimum Gasteiger partial charge on any atom is -0.343 e. The zero-order valence-corrected chi connectivity index (χ0v) is 17.5. The molecule has 31 heavy (non-hydrogen) atoms. The van der Waals surface area contributed by atoms with Crippen LogP contribution in [0.4, 0.5) is 0 Å². The number of pyridine rings is 1. The van der Waals surface area contributed by atoms with E-state index in [-0.39, 0.29) is 17.8 Å². The van der Waals surface area contributed by atoms with Crippen LogP contribution in [0, 0.1) is 13.8 Å². The molecule has 1 atom stereocenters. The molecule has 2 aromatic carbocycles. The summed E-state index contributed by atoms with van der Waals surface area (Å²) in [7, 11) is 0. The first-order valence-corrected chi connectivity index (χ1v) is 10.2. The summed E-state index contributed by atoms with van der Waals surface area (Å²) in [5.41, 5.74) is 7.15. The minimum absolute atomic E-state index is 0.120. The van der Waals surface area contributed by atoms with Gasteiger partial charge in [0.25, 0.3) is 5.91 Å². The van der Waals surface area contributed by atoms with Crippen molar-refractivity contribution in [2.45, 2.75) is 26.8 Å². The molecule has 0 aliphatic rings. The number of benzene rings is 2. The lowest BCUT2D eigenvalue weighted by atomic mass is 10.1. The molecule has 7 nitrogen and oxygen atoms in total. The molecule has 0 fully saturated rings. The number of nitrogens with one attached hydrogen (secondary N) is 3. The number of rotatable bonds is 4. The normalized spacial score (nSPS) is 12.4. The highest BCUT2D eigenvalue weighted by Gasteiger charge is 2.17. The first-order valence-electron chi connectivity index (χ1n) is 10.2. The molecule has 3 N–H and O–H groups in total. The molecule has 0 radical (unpaired) electrons. The number of hydrogen-bond acceptors (Lipinski definition) is 4. The van der Waals surface area contributed by atoms with E-state index >= 15 is 0 Å². The van der Waals surface area contributed by atoms with Gasteiger partial charge in [-0.25, -0.2) is 4.98 Å². The van der Waals surface area contributed by atoms with Gasteiger partial charge in [-0.2, -0.15) is 5.10 Å². The van der Waals surface area contributed by atoms with E-state index in [1.54, 1.807) is 0 Å². The Morgan fingerprint density at radius 2 is 1.71 bits per heavy atom. The zero-order valence-electron chi connectivity index (χ0n) is 17.5. The van der Waals surface area contributed by atoms with Gasteiger partial charge in [0.1, 0.15) is 5.69 Å². The van der Waals surface area contributed by atoms with Crippen LogP contribution in [0.1, 0.15) is 40.5 Å². The molecule has 0 bridgehead atoms. The van der Waals surface area contributed by atoms with Gasteiger partial charge >= 0.3 is 0 Å². The topological polar surface area (TPSA) is 99.3 Å². The van der Waals surface area contributed by atoms with E-state index in [9.17, 15) is 4.79 Å². The molecule has 0 aliphatic heterocycles. The molecule has 5 rings (SSSR count). The number of carbonyl (C=O) groups is 1. The van der Waals surface area contributed by atoms with Crippen LogP contribution in [-0.2, 0) is 0 Å². The highest BCUT2D eigenvalue weighted by molar-refractivity contribution is 6.02. The second-order valence-electron chi connectivity index (χ2n) is 7.82. The van der Waals surface area contributed by atoms with Gasteiger partial charge in [-0.1, -0.05) is 30.3 Å². The highest BCUT2D eigenvalue weighted by Crippen LogP contribution is 2.30. The van der Waals surface area contributed by atoms with Gasteiger partial charge in [0.2, 0.25) is 0 Å². The van der Waals surface area contributed by atoms with Gasteiger partial charge in [-0.3, -0.25) is 14.9 Å². The van der Waals surface area contributed by atoms with Gasteiger partial charge in [0.05, 0.1) is 22.6 Å². The lowest BCUT2D eigenvalue weighted by molar-refractivity contribution is 0.0930. The molecule has 0 aliphatic carbocycles. The Balaban J connectivity index is 1.49. The van der Waals surface area contributed by atoms with E-state index in [1.807, 2.05) is 75.4 Å². The Kier molecular flexibility index (Phi) is 4.51. The number of amides is 1. The van der Waals surface area contributed by atoms with Crippen LogP contribution in [0.25, 0.3) is 33.2 Å². The number of hydrogen-bond donors (Lipinski definition) is 3. The van der Waals surface area contributed by atoms with E-state index in [2.05, 4.69) is 30.5 Å². The summed E-state index contributed by atoms with van der Waals surface area (Å²) in [5, 5.41) is 11.5. The maximum absolute atomic E-state index is 12.8. The number of fused-ring (bicyclic) bond motifs is 2. The predicted octanol–water partition coefficient (Wildman–Crippen LogP) is 4.61. The van der Waals surface area contributed by atoms with Crippen LogP contribution in [0.3, 0.4) is 0 Å². The second-order valence-corrected chi connectivity index (χ2v) is 7.82. The van der Waals surface area contributed by atoms with Crippen molar-refractivity contribution >= 4 is 27.8 Å². The third kappa shape index (κ3) is 3.54. The highest BCUT2D eigenvalue weighted by atomic mass is 16.2. The number of nitrogens with zero attached hydrogens (tertiary/aromatic N) is 3. The smallest absolute Gasteiger partial charge is 0.287 e. The summed E-state index contributed by atoms with van der Waals surface area (Å²) in [6.07, 6.45) is 0. The van der Waals surface area contributed by atoms with Crippen LogP contribution in [-0.4, -0.2) is 31.1 Å². The number of aryl methyl sites for hydroxylation is 2. The average Bonchev–Trinajstić information content (AvgIpc) is 3.35. The molecular weight excluding hydrogens is 388 g/mol. The minimum atomic E-state index is -0.241. The molecule has 0 saturated carbocycles. The maximum Gasteiger partial charge on any atom is 0.287 e. The van der Waals surface area contributed by atoms with Crippen LogP contribution in [0.15, 0.2) is 54.6 Å². The molecule has 3 heterocycles. The second kappa shape index (κ2) is 7.36. The van der Waals surface area contributed by atoms with Crippen LogP contribution < -0.4 is 5.32 Å². The molecule has 3 aromatic heterocycles. The Morgan fingerprint density at radius 1 is 0.968 bits per heavy atom. The van der Waals surface area contributed by atoms with E-state index in [4.69, 9.17) is 0 Å². The maximum atomic E-state index is 12.8. The van der Waals surface area contributed by atoms with Crippen molar-refractivity contribution in [2.75, 3.05) is 0 Å². The van der Waals surface area contributed by atoms with E-state index < -0.39 is 0 Å². The third-order valence-corrected chi connectivity index (χ3v) is 5.38. The number of H-pyrrole nitrogens is 2. The Hall–Kier alpha value is -4.00. The van der Waals surface area contributed by atoms with Gasteiger partial charge in [0, 0.05) is 22.3 Å². The lowest BCUT2D eigenvalue weighted by Crippen LogP contribution is -2.27. The number of carbonyl (C=O) groups excluding carboxylic acids is 1. The van der Waals surface area contributed by atoms with Crippen LogP contribution in [0.5, 0.6) is 0 Å². The molecular formula is C24H22N6O. The average molecular weight is 410 g/mol. The van der Waals surface area contributed by atoms with Gasteiger partial charge in [-0.05, 0) is 50.6 Å². The van der Waals surface area contributed by atoms with E-state index in [0.29, 0.717) is 0 Å². The number of aromatic amines is 2. The van der Waals surface area contributed by atoms with E-state index in [1.165, 1.54) is 0 Å². The summed E-state index contributed by atoms with van der Waals surface area (Å²) in [5.74, 6) is 0.0467. The van der Waals surface area contributed by atoms with Crippen LogP contribution in [0.2, 0.25) is 0 Å². The molecule has 7 heteroatoms. The molecule has 5 aromatic rings. The summed E-state index contributed by atoms with van der Waals surface area (Å²) in [4.78, 5) is 24.9. The van der Waals surface area contributed by atoms with Crippen molar-refractivity contribution in [2.24, 2.45) is 0 Å². The summed E-state index contributed by atoms with van der Waals surface area (Å²) in [6, 6.07) is 17.7. The van der Waals surface area contributed by atoms with Crippen molar-refractivity contribution in [1.82, 2.24) is 30.5 Å². The molecule has 1 amide bonds. The first-order chi connectivity index (χ1) is 15.0. The Bertz CT molecular complexity index is 1400. The van der Waals surface area contributed by atoms with Crippen molar-refractivity contribution in [3.05, 3.63) is 77.4 Å².